The Morgan fingerprint density at radius 2 is 1.64 bits per heavy atom. The number of rotatable bonds is 12. The Morgan fingerprint density at radius 3 is 2.20 bits per heavy atom. The lowest BCUT2D eigenvalue weighted by molar-refractivity contribution is -0.484. The highest BCUT2D eigenvalue weighted by Crippen LogP contribution is 2.44. The summed E-state index contributed by atoms with van der Waals surface area (Å²) in [6.07, 6.45) is -1.94. The number of imidazole rings is 1. The number of nitrogens with zero attached hydrogens (tertiary/aromatic N) is 5. The number of ether oxygens (including phenoxy) is 2. The Labute approximate surface area is 294 Å². The second-order valence-electron chi connectivity index (χ2n) is 15.6. The lowest BCUT2D eigenvalue weighted by Crippen LogP contribution is -2.50. The lowest BCUT2D eigenvalue weighted by atomic mass is 10.1. The quantitative estimate of drug-likeness (QED) is 0.147. The molecule has 0 radical (unpaired) electrons. The van der Waals surface area contributed by atoms with E-state index in [-0.39, 0.29) is 46.0 Å². The summed E-state index contributed by atoms with van der Waals surface area (Å²) in [6, 6.07) is 8.16. The van der Waals surface area contributed by atoms with Gasteiger partial charge in [0.1, 0.15) is 24.9 Å². The van der Waals surface area contributed by atoms with E-state index in [9.17, 15) is 24.5 Å². The second kappa shape index (κ2) is 14.6. The molecule has 1 aromatic carbocycles. The summed E-state index contributed by atoms with van der Waals surface area (Å²) in [5.74, 6) is -1.53. The van der Waals surface area contributed by atoms with Crippen LogP contribution in [0.1, 0.15) is 65.1 Å². The van der Waals surface area contributed by atoms with Crippen molar-refractivity contribution in [2.75, 3.05) is 25.1 Å². The van der Waals surface area contributed by atoms with Crippen molar-refractivity contribution in [3.8, 4) is 0 Å². The van der Waals surface area contributed by atoms with Gasteiger partial charge in [0.15, 0.2) is 34.0 Å². The third kappa shape index (κ3) is 8.29. The fourth-order valence-electron chi connectivity index (χ4n) is 4.97. The van der Waals surface area contributed by atoms with Crippen LogP contribution in [0.15, 0.2) is 41.5 Å². The van der Waals surface area contributed by atoms with Crippen molar-refractivity contribution in [1.29, 1.82) is 0 Å². The van der Waals surface area contributed by atoms with Crippen LogP contribution in [0, 0.1) is 10.1 Å². The third-order valence-electron chi connectivity index (χ3n) is 9.90. The maximum Gasteiger partial charge on any atom is 0.290 e. The number of hydrogen-bond acceptors (Lipinski definition) is 11. The number of carbonyl (C=O) groups excluding carboxylic acids is 2. The minimum absolute atomic E-state index is 0.0414. The predicted molar refractivity (Wildman–Crippen MR) is 193 cm³/mol. The van der Waals surface area contributed by atoms with E-state index in [1.807, 2.05) is 0 Å². The van der Waals surface area contributed by atoms with Crippen LogP contribution >= 0.6 is 0 Å². The molecular weight excluding hydrogens is 681 g/mol. The van der Waals surface area contributed by atoms with Gasteiger partial charge in [-0.15, -0.1) is 0 Å². The SMILES string of the molecule is CC(=O)Nc1nc2c(ncn2[C@@H]2O[C@H](CO[Si](C)(C)C(C)(C)C)[C@@H](OCC[N+](=O)[O-])[C@H]2O[Si](C)(C)C(C)(C)C)c(=O)n1C(=O)c1ccccc1. The molecular formula is C33H50N6O9Si2. The molecule has 1 aliphatic rings. The van der Waals surface area contributed by atoms with Crippen molar-refractivity contribution < 1.29 is 32.8 Å². The van der Waals surface area contributed by atoms with Crippen LogP contribution in [0.4, 0.5) is 5.95 Å². The van der Waals surface area contributed by atoms with Gasteiger partial charge in [-0.3, -0.25) is 34.4 Å². The van der Waals surface area contributed by atoms with E-state index in [0.717, 1.165) is 4.57 Å². The lowest BCUT2D eigenvalue weighted by Gasteiger charge is -2.40. The summed E-state index contributed by atoms with van der Waals surface area (Å²) in [4.78, 5) is 59.6. The molecule has 1 saturated heterocycles. The highest BCUT2D eigenvalue weighted by Gasteiger charge is 2.53. The van der Waals surface area contributed by atoms with Crippen LogP contribution in [0.2, 0.25) is 36.3 Å². The summed E-state index contributed by atoms with van der Waals surface area (Å²) in [6.45, 7) is 21.8. The minimum atomic E-state index is -2.57. The molecule has 1 fully saturated rings. The van der Waals surface area contributed by atoms with Gasteiger partial charge in [-0.1, -0.05) is 59.7 Å². The number of hydrogen-bond donors (Lipinski definition) is 1. The Balaban J connectivity index is 1.89. The molecule has 3 heterocycles. The molecule has 17 heteroatoms. The molecule has 15 nitrogen and oxygen atoms in total. The molecule has 0 spiro atoms. The molecule has 0 saturated carbocycles. The molecule has 1 aliphatic heterocycles. The van der Waals surface area contributed by atoms with Gasteiger partial charge in [0.05, 0.1) is 12.9 Å². The molecule has 0 bridgehead atoms. The maximum absolute atomic E-state index is 14.0. The first-order valence-corrected chi connectivity index (χ1v) is 22.4. The average molecular weight is 731 g/mol. The molecule has 3 aromatic rings. The van der Waals surface area contributed by atoms with Gasteiger partial charge < -0.3 is 18.3 Å². The number of nitrogens with one attached hydrogen (secondary N) is 1. The van der Waals surface area contributed by atoms with Crippen molar-refractivity contribution in [3.63, 3.8) is 0 Å². The number of fused-ring (bicyclic) bond motifs is 1. The van der Waals surface area contributed by atoms with Crippen LogP contribution in [-0.2, 0) is 23.1 Å². The number of nitro groups is 1. The molecule has 4 atom stereocenters. The molecule has 0 unspecified atom stereocenters. The summed E-state index contributed by atoms with van der Waals surface area (Å²) in [7, 11) is -4.85. The van der Waals surface area contributed by atoms with E-state index in [1.165, 1.54) is 17.8 Å². The van der Waals surface area contributed by atoms with Gasteiger partial charge in [0.25, 0.3) is 11.5 Å². The first kappa shape index (κ1) is 39.2. The number of carbonyl (C=O) groups is 2. The van der Waals surface area contributed by atoms with Crippen molar-refractivity contribution in [2.45, 2.75) is 109 Å². The number of amides is 1. The molecule has 2 aromatic heterocycles. The highest BCUT2D eigenvalue weighted by atomic mass is 28.4. The molecule has 0 aliphatic carbocycles. The van der Waals surface area contributed by atoms with Crippen LogP contribution in [-0.4, -0.2) is 90.5 Å². The molecule has 1 amide bonds. The smallest absolute Gasteiger partial charge is 0.290 e. The first-order chi connectivity index (χ1) is 23.1. The molecule has 4 rings (SSSR count). The van der Waals surface area contributed by atoms with Gasteiger partial charge in [-0.25, -0.2) is 9.55 Å². The molecule has 274 valence electrons. The zero-order valence-corrected chi connectivity index (χ0v) is 32.8. The van der Waals surface area contributed by atoms with E-state index in [0.29, 0.717) is 0 Å². The Hall–Kier alpha value is -3.62. The van der Waals surface area contributed by atoms with Gasteiger partial charge in [-0.2, -0.15) is 4.98 Å². The standard InChI is InChI=1S/C33H50N6O9Si2/c1-21(40)35-31-36-27-24(29(42)39(31)28(41)22-15-13-12-14-16-22)34-20-37(27)30-26(48-50(10,11)33(5,6)7)25(45-18-17-38(43)44)23(47-30)19-46-49(8,9)32(2,3)4/h12-16,20,23,25-26,30H,17-19H2,1-11H3,(H,35,36,40)/t23-,25-,26-,30-/m1/s1. The fraction of sp³-hybridized carbons (Fsp3) is 0.606. The van der Waals surface area contributed by atoms with Crippen molar-refractivity contribution in [1.82, 2.24) is 19.1 Å². The number of anilines is 1. The highest BCUT2D eigenvalue weighted by molar-refractivity contribution is 6.74. The van der Waals surface area contributed by atoms with Gasteiger partial charge >= 0.3 is 0 Å². The van der Waals surface area contributed by atoms with E-state index in [2.05, 4.69) is 83.0 Å². The minimum Gasteiger partial charge on any atom is -0.414 e. The summed E-state index contributed by atoms with van der Waals surface area (Å²) in [5, 5.41) is 13.5. The predicted octanol–water partition coefficient (Wildman–Crippen LogP) is 5.21. The van der Waals surface area contributed by atoms with Gasteiger partial charge in [-0.05, 0) is 48.4 Å². The summed E-state index contributed by atoms with van der Waals surface area (Å²) in [5.41, 5.74) is -0.671. The van der Waals surface area contributed by atoms with Crippen LogP contribution in [0.5, 0.6) is 0 Å². The van der Waals surface area contributed by atoms with E-state index in [1.54, 1.807) is 30.3 Å². The molecule has 50 heavy (non-hydrogen) atoms. The van der Waals surface area contributed by atoms with Crippen LogP contribution < -0.4 is 10.9 Å². The van der Waals surface area contributed by atoms with E-state index >= 15 is 0 Å². The maximum atomic E-state index is 14.0. The van der Waals surface area contributed by atoms with Crippen molar-refractivity contribution in [2.24, 2.45) is 0 Å². The summed E-state index contributed by atoms with van der Waals surface area (Å²) >= 11 is 0. The third-order valence-corrected chi connectivity index (χ3v) is 18.9. The second-order valence-corrected chi connectivity index (χ2v) is 25.2. The van der Waals surface area contributed by atoms with Gasteiger partial charge in [0, 0.05) is 17.4 Å². The normalized spacial score (nSPS) is 20.3. The van der Waals surface area contributed by atoms with Crippen molar-refractivity contribution in [3.05, 3.63) is 62.7 Å². The zero-order chi connectivity index (χ0) is 37.4. The molecule has 1 N–H and O–H groups in total. The number of benzene rings is 1. The van der Waals surface area contributed by atoms with E-state index < -0.39 is 70.0 Å². The van der Waals surface area contributed by atoms with Crippen molar-refractivity contribution >= 4 is 45.6 Å². The monoisotopic (exact) mass is 730 g/mol. The van der Waals surface area contributed by atoms with Gasteiger partial charge in [0.2, 0.25) is 18.4 Å². The number of aromatic nitrogens is 4. The largest absolute Gasteiger partial charge is 0.414 e. The first-order valence-electron chi connectivity index (χ1n) is 16.6. The Morgan fingerprint density at radius 1 is 1.02 bits per heavy atom. The van der Waals surface area contributed by atoms with Crippen LogP contribution in [0.25, 0.3) is 11.2 Å². The Bertz CT molecular complexity index is 1780. The van der Waals surface area contributed by atoms with E-state index in [4.69, 9.17) is 18.3 Å². The topological polar surface area (TPSA) is 179 Å². The fourth-order valence-corrected chi connectivity index (χ4v) is 7.27. The average Bonchev–Trinajstić information content (AvgIpc) is 3.55. The zero-order valence-electron chi connectivity index (χ0n) is 30.8. The van der Waals surface area contributed by atoms with Crippen LogP contribution in [0.3, 0.4) is 0 Å². The Kier molecular flexibility index (Phi) is 11.4. The summed E-state index contributed by atoms with van der Waals surface area (Å²) < 4.78 is 28.8.